The van der Waals surface area contributed by atoms with Crippen LogP contribution in [0.5, 0.6) is 0 Å². The van der Waals surface area contributed by atoms with Crippen LogP contribution >= 0.6 is 0 Å². The average molecular weight is 184 g/mol. The molecule has 0 aliphatic heterocycles. The van der Waals surface area contributed by atoms with E-state index in [-0.39, 0.29) is 5.41 Å². The fraction of sp³-hybridized carbons (Fsp3) is 0.700. The van der Waals surface area contributed by atoms with Crippen LogP contribution in [-0.2, 0) is 4.79 Å². The Morgan fingerprint density at radius 3 is 2.23 bits per heavy atom. The molecule has 13 heavy (non-hydrogen) atoms. The topological polar surface area (TPSA) is 46.3 Å². The molecule has 0 saturated heterocycles. The highest BCUT2D eigenvalue weighted by atomic mass is 16.1. The predicted octanol–water partition coefficient (Wildman–Crippen LogP) is 1.01. The van der Waals surface area contributed by atoms with E-state index in [1.165, 1.54) is 0 Å². The van der Waals surface area contributed by atoms with Gasteiger partial charge in [-0.05, 0) is 25.9 Å². The number of rotatable bonds is 5. The highest BCUT2D eigenvalue weighted by Gasteiger charge is 2.21. The summed E-state index contributed by atoms with van der Waals surface area (Å²) in [5.41, 5.74) is 5.68. The first-order valence-corrected chi connectivity index (χ1v) is 4.37. The lowest BCUT2D eigenvalue weighted by Crippen LogP contribution is -2.30. The molecule has 0 rings (SSSR count). The number of amides is 1. The molecule has 0 spiro atoms. The molecule has 0 radical (unpaired) electrons. The van der Waals surface area contributed by atoms with Crippen LogP contribution in [0.25, 0.3) is 0 Å². The molecule has 0 fully saturated rings. The fourth-order valence-corrected chi connectivity index (χ4v) is 1.58. The predicted molar refractivity (Wildman–Crippen MR) is 55.3 cm³/mol. The lowest BCUT2D eigenvalue weighted by molar-refractivity contribution is -0.114. The van der Waals surface area contributed by atoms with E-state index in [0.29, 0.717) is 12.0 Å². The van der Waals surface area contributed by atoms with E-state index >= 15 is 0 Å². The Hall–Kier alpha value is -0.830. The molecule has 3 heteroatoms. The number of nitrogens with zero attached hydrogens (tertiary/aromatic N) is 1. The largest absolute Gasteiger partial charge is 0.366 e. The lowest BCUT2D eigenvalue weighted by Gasteiger charge is -2.28. The molecule has 0 aromatic heterocycles. The van der Waals surface area contributed by atoms with Gasteiger partial charge in [-0.3, -0.25) is 4.79 Å². The maximum atomic E-state index is 10.8. The number of nitrogens with two attached hydrogens (primary N) is 1. The summed E-state index contributed by atoms with van der Waals surface area (Å²) < 4.78 is 0. The van der Waals surface area contributed by atoms with Gasteiger partial charge < -0.3 is 10.6 Å². The summed E-state index contributed by atoms with van der Waals surface area (Å²) in [6.45, 7) is 8.77. The molecule has 0 aromatic carbocycles. The third-order valence-corrected chi connectivity index (χ3v) is 1.78. The minimum atomic E-state index is -0.396. The molecule has 2 N–H and O–H groups in total. The lowest BCUT2D eigenvalue weighted by atomic mass is 9.85. The van der Waals surface area contributed by atoms with Crippen LogP contribution in [0, 0.1) is 5.41 Å². The number of carbonyl (C=O) groups is 1. The van der Waals surface area contributed by atoms with E-state index in [9.17, 15) is 4.79 Å². The summed E-state index contributed by atoms with van der Waals surface area (Å²) >= 11 is 0. The van der Waals surface area contributed by atoms with Gasteiger partial charge in [0.2, 0.25) is 5.91 Å². The third kappa shape index (κ3) is 5.42. The summed E-state index contributed by atoms with van der Waals surface area (Å²) in [5.74, 6) is -0.396. The van der Waals surface area contributed by atoms with Crippen LogP contribution in [0.4, 0.5) is 0 Å². The SMILES string of the molecule is C=C(CC(C)(C)CN(C)C)C(N)=O. The van der Waals surface area contributed by atoms with Crippen molar-refractivity contribution in [1.29, 1.82) is 0 Å². The van der Waals surface area contributed by atoms with E-state index in [4.69, 9.17) is 5.73 Å². The molecule has 0 bridgehead atoms. The van der Waals surface area contributed by atoms with Gasteiger partial charge in [0.1, 0.15) is 0 Å². The molecule has 76 valence electrons. The van der Waals surface area contributed by atoms with Crippen molar-refractivity contribution in [2.45, 2.75) is 20.3 Å². The van der Waals surface area contributed by atoms with Gasteiger partial charge in [-0.1, -0.05) is 20.4 Å². The van der Waals surface area contributed by atoms with Crippen molar-refractivity contribution in [3.63, 3.8) is 0 Å². The standard InChI is InChI=1S/C10H20N2O/c1-8(9(11)13)6-10(2,3)7-12(4)5/h1,6-7H2,2-5H3,(H2,11,13). The van der Waals surface area contributed by atoms with Gasteiger partial charge >= 0.3 is 0 Å². The summed E-state index contributed by atoms with van der Waals surface area (Å²) in [6, 6.07) is 0. The van der Waals surface area contributed by atoms with Crippen LogP contribution in [-0.4, -0.2) is 31.4 Å². The van der Waals surface area contributed by atoms with Crippen LogP contribution < -0.4 is 5.73 Å². The zero-order valence-corrected chi connectivity index (χ0v) is 9.05. The quantitative estimate of drug-likeness (QED) is 0.648. The number of primary amides is 1. The van der Waals surface area contributed by atoms with Crippen molar-refractivity contribution in [2.24, 2.45) is 11.1 Å². The normalized spacial score (nSPS) is 11.8. The molecule has 0 aliphatic carbocycles. The van der Waals surface area contributed by atoms with E-state index in [0.717, 1.165) is 6.54 Å². The van der Waals surface area contributed by atoms with Gasteiger partial charge in [-0.2, -0.15) is 0 Å². The van der Waals surface area contributed by atoms with Crippen LogP contribution in [0.1, 0.15) is 20.3 Å². The molecule has 0 unspecified atom stereocenters. The second kappa shape index (κ2) is 4.42. The first-order chi connectivity index (χ1) is 5.74. The van der Waals surface area contributed by atoms with Crippen LogP contribution in [0.3, 0.4) is 0 Å². The maximum Gasteiger partial charge on any atom is 0.244 e. The number of hydrogen-bond donors (Lipinski definition) is 1. The van der Waals surface area contributed by atoms with Gasteiger partial charge in [0.15, 0.2) is 0 Å². The van der Waals surface area contributed by atoms with Crippen molar-refractivity contribution >= 4 is 5.91 Å². The molecular weight excluding hydrogens is 164 g/mol. The third-order valence-electron chi connectivity index (χ3n) is 1.78. The van der Waals surface area contributed by atoms with E-state index in [1.807, 2.05) is 14.1 Å². The van der Waals surface area contributed by atoms with Gasteiger partial charge in [-0.25, -0.2) is 0 Å². The monoisotopic (exact) mass is 184 g/mol. The average Bonchev–Trinajstić information content (AvgIpc) is 1.81. The summed E-state index contributed by atoms with van der Waals surface area (Å²) in [5, 5.41) is 0. The first kappa shape index (κ1) is 12.2. The van der Waals surface area contributed by atoms with Crippen molar-refractivity contribution in [1.82, 2.24) is 4.90 Å². The van der Waals surface area contributed by atoms with Crippen molar-refractivity contribution in [3.05, 3.63) is 12.2 Å². The minimum absolute atomic E-state index is 0.0512. The molecule has 3 nitrogen and oxygen atoms in total. The Morgan fingerprint density at radius 2 is 1.92 bits per heavy atom. The van der Waals surface area contributed by atoms with E-state index in [1.54, 1.807) is 0 Å². The van der Waals surface area contributed by atoms with Crippen molar-refractivity contribution < 1.29 is 4.79 Å². The number of carbonyl (C=O) groups excluding carboxylic acids is 1. The van der Waals surface area contributed by atoms with Crippen molar-refractivity contribution in [3.8, 4) is 0 Å². The minimum Gasteiger partial charge on any atom is -0.366 e. The highest BCUT2D eigenvalue weighted by molar-refractivity contribution is 5.91. The zero-order valence-electron chi connectivity index (χ0n) is 9.05. The Morgan fingerprint density at radius 1 is 1.46 bits per heavy atom. The Labute approximate surface area is 80.6 Å². The second-order valence-electron chi connectivity index (χ2n) is 4.55. The zero-order chi connectivity index (χ0) is 10.6. The first-order valence-electron chi connectivity index (χ1n) is 4.37. The highest BCUT2D eigenvalue weighted by Crippen LogP contribution is 2.24. The fourth-order valence-electron chi connectivity index (χ4n) is 1.58. The summed E-state index contributed by atoms with van der Waals surface area (Å²) in [6.07, 6.45) is 0.653. The van der Waals surface area contributed by atoms with Crippen LogP contribution in [0.2, 0.25) is 0 Å². The Kier molecular flexibility index (Phi) is 4.14. The molecule has 0 atom stereocenters. The van der Waals surface area contributed by atoms with Gasteiger partial charge in [0, 0.05) is 12.1 Å². The van der Waals surface area contributed by atoms with Crippen molar-refractivity contribution in [2.75, 3.05) is 20.6 Å². The molecule has 0 saturated carbocycles. The summed E-state index contributed by atoms with van der Waals surface area (Å²) in [4.78, 5) is 12.9. The second-order valence-corrected chi connectivity index (χ2v) is 4.55. The van der Waals surface area contributed by atoms with E-state index < -0.39 is 5.91 Å². The van der Waals surface area contributed by atoms with Crippen LogP contribution in [0.15, 0.2) is 12.2 Å². The van der Waals surface area contributed by atoms with Gasteiger partial charge in [0.05, 0.1) is 0 Å². The Bertz CT molecular complexity index is 207. The Balaban J connectivity index is 4.16. The van der Waals surface area contributed by atoms with Gasteiger partial charge in [0.25, 0.3) is 0 Å². The molecule has 0 aliphatic rings. The molecular formula is C10H20N2O. The summed E-state index contributed by atoms with van der Waals surface area (Å²) in [7, 11) is 4.02. The molecule has 0 aromatic rings. The van der Waals surface area contributed by atoms with Gasteiger partial charge in [-0.15, -0.1) is 0 Å². The molecule has 0 heterocycles. The van der Waals surface area contributed by atoms with E-state index in [2.05, 4.69) is 25.3 Å². The number of hydrogen-bond acceptors (Lipinski definition) is 2. The maximum absolute atomic E-state index is 10.8. The molecule has 1 amide bonds. The smallest absolute Gasteiger partial charge is 0.244 e.